The lowest BCUT2D eigenvalue weighted by Crippen LogP contribution is -2.13. The van der Waals surface area contributed by atoms with Gasteiger partial charge in [0.15, 0.2) is 11.6 Å². The van der Waals surface area contributed by atoms with Gasteiger partial charge in [0.25, 0.3) is 0 Å². The molecule has 20 heavy (non-hydrogen) atoms. The highest BCUT2D eigenvalue weighted by atomic mass is 35.5. The molecule has 0 saturated heterocycles. The molecule has 0 saturated carbocycles. The van der Waals surface area contributed by atoms with Gasteiger partial charge >= 0.3 is 0 Å². The second kappa shape index (κ2) is 6.20. The molecule has 0 aliphatic carbocycles. The average Bonchev–Trinajstić information content (AvgIpc) is 2.42. The molecule has 0 amide bonds. The van der Waals surface area contributed by atoms with Crippen LogP contribution in [-0.2, 0) is 6.42 Å². The zero-order valence-corrected chi connectivity index (χ0v) is 11.6. The first-order valence-corrected chi connectivity index (χ1v) is 6.42. The maximum absolute atomic E-state index is 13.6. The summed E-state index contributed by atoms with van der Waals surface area (Å²) in [5.41, 5.74) is 7.33. The Morgan fingerprint density at radius 3 is 2.50 bits per heavy atom. The number of halogens is 3. The molecule has 5 heteroatoms. The fourth-order valence-electron chi connectivity index (χ4n) is 1.95. The van der Waals surface area contributed by atoms with E-state index < -0.39 is 17.7 Å². The lowest BCUT2D eigenvalue weighted by Gasteiger charge is -2.13. The summed E-state index contributed by atoms with van der Waals surface area (Å²) in [7, 11) is 1.40. The summed E-state index contributed by atoms with van der Waals surface area (Å²) in [5.74, 6) is -0.778. The quantitative estimate of drug-likeness (QED) is 0.930. The van der Waals surface area contributed by atoms with Gasteiger partial charge in [-0.15, -0.1) is 0 Å². The van der Waals surface area contributed by atoms with E-state index >= 15 is 0 Å². The fourth-order valence-corrected chi connectivity index (χ4v) is 2.07. The van der Waals surface area contributed by atoms with E-state index in [4.69, 9.17) is 22.1 Å². The molecular weight excluding hydrogens is 284 g/mol. The summed E-state index contributed by atoms with van der Waals surface area (Å²) >= 11 is 5.62. The van der Waals surface area contributed by atoms with Gasteiger partial charge < -0.3 is 10.5 Å². The lowest BCUT2D eigenvalue weighted by atomic mass is 9.99. The van der Waals surface area contributed by atoms with Crippen LogP contribution in [0.1, 0.15) is 17.2 Å². The molecule has 106 valence electrons. The van der Waals surface area contributed by atoms with E-state index in [1.807, 2.05) is 0 Å². The highest BCUT2D eigenvalue weighted by Crippen LogP contribution is 2.24. The standard InChI is InChI=1S/C15H14ClF2NO/c1-20-15-5-2-9(6-13(15)18)7-14(19)10-3-4-11(16)12(17)8-10/h2-6,8,14H,7,19H2,1H3. The van der Waals surface area contributed by atoms with Crippen LogP contribution < -0.4 is 10.5 Å². The van der Waals surface area contributed by atoms with Crippen LogP contribution in [0.5, 0.6) is 5.75 Å². The van der Waals surface area contributed by atoms with E-state index in [1.54, 1.807) is 18.2 Å². The van der Waals surface area contributed by atoms with E-state index in [1.165, 1.54) is 25.3 Å². The fraction of sp³-hybridized carbons (Fsp3) is 0.200. The zero-order valence-electron chi connectivity index (χ0n) is 10.9. The molecule has 0 aromatic heterocycles. The second-order valence-electron chi connectivity index (χ2n) is 4.45. The van der Waals surface area contributed by atoms with Crippen molar-refractivity contribution in [3.8, 4) is 5.75 Å². The van der Waals surface area contributed by atoms with Crippen molar-refractivity contribution in [1.82, 2.24) is 0 Å². The van der Waals surface area contributed by atoms with Crippen molar-refractivity contribution >= 4 is 11.6 Å². The largest absolute Gasteiger partial charge is 0.494 e. The Hall–Kier alpha value is -1.65. The van der Waals surface area contributed by atoms with E-state index in [2.05, 4.69) is 0 Å². The summed E-state index contributed by atoms with van der Waals surface area (Å²) in [5, 5.41) is 0.0523. The minimum absolute atomic E-state index is 0.0523. The van der Waals surface area contributed by atoms with E-state index in [0.29, 0.717) is 17.5 Å². The van der Waals surface area contributed by atoms with Gasteiger partial charge in [0.1, 0.15) is 5.82 Å². The molecule has 1 unspecified atom stereocenters. The molecule has 0 bridgehead atoms. The first-order valence-electron chi connectivity index (χ1n) is 6.04. The highest BCUT2D eigenvalue weighted by molar-refractivity contribution is 6.30. The molecule has 0 heterocycles. The Balaban J connectivity index is 2.16. The summed E-state index contributed by atoms with van der Waals surface area (Å²) < 4.78 is 31.8. The number of rotatable bonds is 4. The summed E-state index contributed by atoms with van der Waals surface area (Å²) in [6, 6.07) is 8.62. The molecule has 2 aromatic rings. The first-order chi connectivity index (χ1) is 9.51. The Kier molecular flexibility index (Phi) is 4.57. The van der Waals surface area contributed by atoms with Gasteiger partial charge in [-0.25, -0.2) is 8.78 Å². The molecule has 0 spiro atoms. The third-order valence-electron chi connectivity index (χ3n) is 3.04. The molecule has 2 nitrogen and oxygen atoms in total. The number of nitrogens with two attached hydrogens (primary N) is 1. The number of ether oxygens (including phenoxy) is 1. The van der Waals surface area contributed by atoms with E-state index in [0.717, 1.165) is 0 Å². The van der Waals surface area contributed by atoms with Crippen molar-refractivity contribution in [3.63, 3.8) is 0 Å². The topological polar surface area (TPSA) is 35.2 Å². The number of hydrogen-bond acceptors (Lipinski definition) is 2. The minimum Gasteiger partial charge on any atom is -0.494 e. The van der Waals surface area contributed by atoms with Crippen LogP contribution in [0.3, 0.4) is 0 Å². The van der Waals surface area contributed by atoms with Gasteiger partial charge in [0, 0.05) is 6.04 Å². The van der Waals surface area contributed by atoms with Crippen molar-refractivity contribution in [1.29, 1.82) is 0 Å². The Morgan fingerprint density at radius 2 is 1.90 bits per heavy atom. The molecule has 0 radical (unpaired) electrons. The van der Waals surface area contributed by atoms with Crippen LogP contribution in [0.25, 0.3) is 0 Å². The number of benzene rings is 2. The average molecular weight is 298 g/mol. The van der Waals surface area contributed by atoms with Gasteiger partial charge in [0.05, 0.1) is 12.1 Å². The Bertz CT molecular complexity index is 619. The monoisotopic (exact) mass is 297 g/mol. The first kappa shape index (κ1) is 14.8. The van der Waals surface area contributed by atoms with Crippen molar-refractivity contribution in [2.45, 2.75) is 12.5 Å². The summed E-state index contributed by atoms with van der Waals surface area (Å²) in [6.45, 7) is 0. The summed E-state index contributed by atoms with van der Waals surface area (Å²) in [6.07, 6.45) is 0.391. The third kappa shape index (κ3) is 3.26. The van der Waals surface area contributed by atoms with Crippen LogP contribution in [-0.4, -0.2) is 7.11 Å². The molecule has 1 atom stereocenters. The van der Waals surface area contributed by atoms with E-state index in [9.17, 15) is 8.78 Å². The van der Waals surface area contributed by atoms with Crippen LogP contribution in [0.2, 0.25) is 5.02 Å². The second-order valence-corrected chi connectivity index (χ2v) is 4.86. The number of hydrogen-bond donors (Lipinski definition) is 1. The molecule has 2 aromatic carbocycles. The van der Waals surface area contributed by atoms with Crippen LogP contribution in [0.4, 0.5) is 8.78 Å². The van der Waals surface area contributed by atoms with Gasteiger partial charge in [-0.05, 0) is 41.8 Å². The van der Waals surface area contributed by atoms with E-state index in [-0.39, 0.29) is 10.8 Å². The van der Waals surface area contributed by atoms with Crippen molar-refractivity contribution < 1.29 is 13.5 Å². The van der Waals surface area contributed by atoms with Crippen molar-refractivity contribution in [3.05, 3.63) is 64.2 Å². The van der Waals surface area contributed by atoms with Crippen molar-refractivity contribution in [2.24, 2.45) is 5.73 Å². The smallest absolute Gasteiger partial charge is 0.165 e. The lowest BCUT2D eigenvalue weighted by molar-refractivity contribution is 0.386. The normalized spacial score (nSPS) is 12.2. The van der Waals surface area contributed by atoms with Gasteiger partial charge in [-0.1, -0.05) is 23.7 Å². The SMILES string of the molecule is COc1ccc(CC(N)c2ccc(Cl)c(F)c2)cc1F. The molecule has 2 rings (SSSR count). The minimum atomic E-state index is -0.513. The van der Waals surface area contributed by atoms with Gasteiger partial charge in [-0.3, -0.25) is 0 Å². The maximum atomic E-state index is 13.6. The predicted molar refractivity (Wildman–Crippen MR) is 75.0 cm³/mol. The van der Waals surface area contributed by atoms with Crippen LogP contribution in [0, 0.1) is 11.6 Å². The summed E-state index contributed by atoms with van der Waals surface area (Å²) in [4.78, 5) is 0. The number of methoxy groups -OCH3 is 1. The van der Waals surface area contributed by atoms with Crippen LogP contribution >= 0.6 is 11.6 Å². The van der Waals surface area contributed by atoms with Crippen LogP contribution in [0.15, 0.2) is 36.4 Å². The van der Waals surface area contributed by atoms with Gasteiger partial charge in [-0.2, -0.15) is 0 Å². The van der Waals surface area contributed by atoms with Gasteiger partial charge in [0.2, 0.25) is 0 Å². The Morgan fingerprint density at radius 1 is 1.15 bits per heavy atom. The molecule has 2 N–H and O–H groups in total. The molecule has 0 aliphatic heterocycles. The highest BCUT2D eigenvalue weighted by Gasteiger charge is 2.11. The zero-order chi connectivity index (χ0) is 14.7. The molecule has 0 fully saturated rings. The third-order valence-corrected chi connectivity index (χ3v) is 3.35. The van der Waals surface area contributed by atoms with Crippen molar-refractivity contribution in [2.75, 3.05) is 7.11 Å². The molecule has 0 aliphatic rings. The predicted octanol–water partition coefficient (Wildman–Crippen LogP) is 3.87. The Labute approximate surface area is 121 Å². The molecular formula is C15H14ClF2NO. The maximum Gasteiger partial charge on any atom is 0.165 e.